The maximum absolute atomic E-state index is 9.43. The summed E-state index contributed by atoms with van der Waals surface area (Å²) in [5.74, 6) is 3.27. The number of pyridine rings is 1. The molecule has 0 radical (unpaired) electrons. The van der Waals surface area contributed by atoms with Crippen molar-refractivity contribution < 1.29 is 0 Å². The quantitative estimate of drug-likeness (QED) is 0.647. The van der Waals surface area contributed by atoms with E-state index >= 15 is 0 Å². The van der Waals surface area contributed by atoms with Crippen molar-refractivity contribution in [3.05, 3.63) is 40.7 Å². The van der Waals surface area contributed by atoms with Crippen LogP contribution in [0, 0.1) is 24.2 Å². The van der Waals surface area contributed by atoms with Gasteiger partial charge in [0.2, 0.25) is 0 Å². The average molecular weight is 407 g/mol. The predicted octanol–water partition coefficient (Wildman–Crippen LogP) is 4.18. The highest BCUT2D eigenvalue weighted by Crippen LogP contribution is 2.34. The van der Waals surface area contributed by atoms with E-state index in [0.717, 1.165) is 61.3 Å². The summed E-state index contributed by atoms with van der Waals surface area (Å²) in [7, 11) is 0. The van der Waals surface area contributed by atoms with Gasteiger partial charge in [0.1, 0.15) is 28.4 Å². The van der Waals surface area contributed by atoms with E-state index in [1.165, 1.54) is 10.9 Å². The minimum Gasteiger partial charge on any atom is -0.354 e. The lowest BCUT2D eigenvalue weighted by molar-refractivity contribution is 0.651. The molecule has 0 aliphatic carbocycles. The van der Waals surface area contributed by atoms with Gasteiger partial charge in [0, 0.05) is 32.4 Å². The number of rotatable bonds is 4. The zero-order valence-corrected chi connectivity index (χ0v) is 18.0. The van der Waals surface area contributed by atoms with E-state index in [2.05, 4.69) is 40.1 Å². The van der Waals surface area contributed by atoms with Gasteiger partial charge in [0.05, 0.1) is 10.9 Å². The summed E-state index contributed by atoms with van der Waals surface area (Å²) in [6, 6.07) is 5.93. The first-order chi connectivity index (χ1) is 14.1. The van der Waals surface area contributed by atoms with Gasteiger partial charge < -0.3 is 9.80 Å². The van der Waals surface area contributed by atoms with Crippen molar-refractivity contribution in [2.45, 2.75) is 33.6 Å². The van der Waals surface area contributed by atoms with Gasteiger partial charge in [-0.2, -0.15) is 5.26 Å². The van der Waals surface area contributed by atoms with E-state index < -0.39 is 0 Å². The molecule has 0 spiro atoms. The fraction of sp³-hybridized carbons (Fsp3) is 0.455. The average Bonchev–Trinajstić information content (AvgIpc) is 2.94. The Morgan fingerprint density at radius 1 is 1.14 bits per heavy atom. The van der Waals surface area contributed by atoms with Gasteiger partial charge in [-0.05, 0) is 48.8 Å². The molecule has 3 aromatic rings. The smallest absolute Gasteiger partial charge is 0.146 e. The zero-order chi connectivity index (χ0) is 20.4. The van der Waals surface area contributed by atoms with Gasteiger partial charge in [-0.25, -0.2) is 15.0 Å². The normalized spacial score (nSPS) is 15.0. The number of nitrogens with zero attached hydrogens (tertiary/aromatic N) is 6. The number of hydrogen-bond acceptors (Lipinski definition) is 7. The highest BCUT2D eigenvalue weighted by Gasteiger charge is 2.23. The molecule has 0 unspecified atom stereocenters. The largest absolute Gasteiger partial charge is 0.354 e. The van der Waals surface area contributed by atoms with E-state index in [-0.39, 0.29) is 0 Å². The maximum atomic E-state index is 9.43. The molecule has 0 saturated carbocycles. The zero-order valence-electron chi connectivity index (χ0n) is 17.2. The summed E-state index contributed by atoms with van der Waals surface area (Å²) in [4.78, 5) is 19.7. The first kappa shape index (κ1) is 19.6. The van der Waals surface area contributed by atoms with Crippen LogP contribution in [0.2, 0.25) is 0 Å². The van der Waals surface area contributed by atoms with Gasteiger partial charge in [0.15, 0.2) is 0 Å². The van der Waals surface area contributed by atoms with Crippen molar-refractivity contribution in [1.29, 1.82) is 5.26 Å². The molecule has 0 N–H and O–H groups in total. The number of aryl methyl sites for hydroxylation is 1. The third-order valence-corrected chi connectivity index (χ3v) is 6.15. The Kier molecular flexibility index (Phi) is 5.63. The van der Waals surface area contributed by atoms with Gasteiger partial charge in [-0.3, -0.25) is 0 Å². The number of nitriles is 1. The molecule has 1 saturated heterocycles. The number of aromatic nitrogens is 3. The molecule has 6 nitrogen and oxygen atoms in total. The first-order valence-electron chi connectivity index (χ1n) is 10.2. The van der Waals surface area contributed by atoms with E-state index in [9.17, 15) is 5.26 Å². The van der Waals surface area contributed by atoms with E-state index in [4.69, 9.17) is 9.97 Å². The second-order valence-corrected chi connectivity index (χ2v) is 8.81. The van der Waals surface area contributed by atoms with Crippen LogP contribution in [0.3, 0.4) is 0 Å². The molecule has 1 aliphatic heterocycles. The van der Waals surface area contributed by atoms with Crippen LogP contribution in [0.25, 0.3) is 10.2 Å². The highest BCUT2D eigenvalue weighted by atomic mass is 32.1. The van der Waals surface area contributed by atoms with Crippen LogP contribution >= 0.6 is 11.3 Å². The molecule has 3 aromatic heterocycles. The Hall–Kier alpha value is -2.72. The van der Waals surface area contributed by atoms with Crippen LogP contribution in [0.1, 0.15) is 37.2 Å². The van der Waals surface area contributed by atoms with E-state index in [0.29, 0.717) is 11.5 Å². The molecule has 0 bridgehead atoms. The van der Waals surface area contributed by atoms with Gasteiger partial charge in [-0.1, -0.05) is 13.8 Å². The second kappa shape index (κ2) is 8.34. The topological polar surface area (TPSA) is 68.9 Å². The molecule has 1 fully saturated rings. The Labute approximate surface area is 175 Å². The second-order valence-electron chi connectivity index (χ2n) is 7.95. The minimum absolute atomic E-state index is 0.593. The summed E-state index contributed by atoms with van der Waals surface area (Å²) in [6.45, 7) is 9.97. The van der Waals surface area contributed by atoms with Crippen molar-refractivity contribution in [3.63, 3.8) is 0 Å². The Morgan fingerprint density at radius 2 is 1.90 bits per heavy atom. The molecule has 4 rings (SSSR count). The molecular weight excluding hydrogens is 380 g/mol. The lowest BCUT2D eigenvalue weighted by atomic mass is 10.0. The fourth-order valence-corrected chi connectivity index (χ4v) is 4.97. The molecule has 150 valence electrons. The van der Waals surface area contributed by atoms with Crippen LogP contribution < -0.4 is 9.80 Å². The number of hydrogen-bond donors (Lipinski definition) is 0. The molecule has 4 heterocycles. The van der Waals surface area contributed by atoms with Crippen LogP contribution in [0.4, 0.5) is 11.6 Å². The van der Waals surface area contributed by atoms with E-state index in [1.54, 1.807) is 17.5 Å². The Morgan fingerprint density at radius 3 is 2.62 bits per heavy atom. The van der Waals surface area contributed by atoms with Crippen molar-refractivity contribution >= 4 is 33.2 Å². The SMILES string of the molecule is Cc1nc(N2CCCN(c3ncccc3C#N)CC2)c2c(CC(C)C)csc2n1. The summed E-state index contributed by atoms with van der Waals surface area (Å²) < 4.78 is 0. The van der Waals surface area contributed by atoms with Crippen LogP contribution in [-0.2, 0) is 6.42 Å². The molecule has 0 aromatic carbocycles. The summed E-state index contributed by atoms with van der Waals surface area (Å²) >= 11 is 1.72. The van der Waals surface area contributed by atoms with Gasteiger partial charge in [-0.15, -0.1) is 11.3 Å². The molecule has 7 heteroatoms. The third kappa shape index (κ3) is 4.03. The highest BCUT2D eigenvalue weighted by molar-refractivity contribution is 7.17. The van der Waals surface area contributed by atoms with Gasteiger partial charge in [0.25, 0.3) is 0 Å². The minimum atomic E-state index is 0.593. The first-order valence-corrected chi connectivity index (χ1v) is 11.0. The van der Waals surface area contributed by atoms with Crippen LogP contribution in [0.15, 0.2) is 23.7 Å². The maximum Gasteiger partial charge on any atom is 0.146 e. The molecular formula is C22H26N6S. The monoisotopic (exact) mass is 406 g/mol. The van der Waals surface area contributed by atoms with Crippen molar-refractivity contribution in [2.24, 2.45) is 5.92 Å². The lowest BCUT2D eigenvalue weighted by Crippen LogP contribution is -2.32. The van der Waals surface area contributed by atoms with Crippen LogP contribution in [-0.4, -0.2) is 41.1 Å². The number of anilines is 2. The molecule has 1 aliphatic rings. The number of fused-ring (bicyclic) bond motifs is 1. The molecule has 0 atom stereocenters. The van der Waals surface area contributed by atoms with Gasteiger partial charge >= 0.3 is 0 Å². The van der Waals surface area contributed by atoms with Crippen LogP contribution in [0.5, 0.6) is 0 Å². The standard InChI is InChI=1S/C22H26N6S/c1-15(2)12-18-14-29-22-19(18)21(25-16(3)26-22)28-9-5-8-27(10-11-28)20-17(13-23)6-4-7-24-20/h4,6-7,14-15H,5,8-12H2,1-3H3. The summed E-state index contributed by atoms with van der Waals surface area (Å²) in [6.07, 6.45) is 3.80. The Balaban J connectivity index is 1.65. The number of thiophene rings is 1. The van der Waals surface area contributed by atoms with Crippen molar-refractivity contribution in [3.8, 4) is 6.07 Å². The predicted molar refractivity (Wildman–Crippen MR) is 119 cm³/mol. The lowest BCUT2D eigenvalue weighted by Gasteiger charge is -2.25. The molecule has 0 amide bonds. The fourth-order valence-electron chi connectivity index (χ4n) is 3.98. The van der Waals surface area contributed by atoms with Crippen molar-refractivity contribution in [2.75, 3.05) is 36.0 Å². The summed E-state index contributed by atoms with van der Waals surface area (Å²) in [5, 5.41) is 12.9. The Bertz CT molecular complexity index is 1050. The van der Waals surface area contributed by atoms with Crippen molar-refractivity contribution in [1.82, 2.24) is 15.0 Å². The van der Waals surface area contributed by atoms with E-state index in [1.807, 2.05) is 19.1 Å². The third-order valence-electron chi connectivity index (χ3n) is 5.23. The molecule has 29 heavy (non-hydrogen) atoms. The summed E-state index contributed by atoms with van der Waals surface area (Å²) in [5.41, 5.74) is 1.99.